The Hall–Kier alpha value is -1.35. The summed E-state index contributed by atoms with van der Waals surface area (Å²) in [6, 6.07) is 6.20. The molecule has 1 heterocycles. The minimum atomic E-state index is 0.110. The zero-order valence-corrected chi connectivity index (χ0v) is 11.3. The Morgan fingerprint density at radius 3 is 2.47 bits per heavy atom. The Morgan fingerprint density at radius 2 is 1.88 bits per heavy atom. The second-order valence-electron chi connectivity index (χ2n) is 5.07. The SMILES string of the molecule is CNc1nc(Cl)nc2ccc(C(C)(C)C)cc12. The van der Waals surface area contributed by atoms with Crippen LogP contribution >= 0.6 is 11.6 Å². The van der Waals surface area contributed by atoms with Gasteiger partial charge < -0.3 is 5.32 Å². The summed E-state index contributed by atoms with van der Waals surface area (Å²) in [7, 11) is 1.84. The lowest BCUT2D eigenvalue weighted by Gasteiger charge is -2.19. The monoisotopic (exact) mass is 249 g/mol. The van der Waals surface area contributed by atoms with E-state index in [2.05, 4.69) is 48.2 Å². The van der Waals surface area contributed by atoms with Crippen molar-refractivity contribution in [3.05, 3.63) is 29.0 Å². The summed E-state index contributed by atoms with van der Waals surface area (Å²) >= 11 is 5.87. The van der Waals surface area contributed by atoms with Gasteiger partial charge in [-0.05, 0) is 34.7 Å². The average Bonchev–Trinajstić information content (AvgIpc) is 2.25. The molecule has 0 spiro atoms. The fourth-order valence-corrected chi connectivity index (χ4v) is 1.93. The molecule has 90 valence electrons. The molecule has 0 radical (unpaired) electrons. The normalized spacial score (nSPS) is 11.8. The van der Waals surface area contributed by atoms with Gasteiger partial charge in [-0.1, -0.05) is 26.8 Å². The van der Waals surface area contributed by atoms with Crippen LogP contribution in [0.2, 0.25) is 5.28 Å². The first-order valence-electron chi connectivity index (χ1n) is 5.57. The topological polar surface area (TPSA) is 37.8 Å². The van der Waals surface area contributed by atoms with Gasteiger partial charge >= 0.3 is 0 Å². The molecule has 17 heavy (non-hydrogen) atoms. The van der Waals surface area contributed by atoms with Crippen LogP contribution in [0.1, 0.15) is 26.3 Å². The predicted molar refractivity (Wildman–Crippen MR) is 72.8 cm³/mol. The second-order valence-corrected chi connectivity index (χ2v) is 5.41. The van der Waals surface area contributed by atoms with Crippen molar-refractivity contribution < 1.29 is 0 Å². The van der Waals surface area contributed by atoms with Crippen LogP contribution in [-0.4, -0.2) is 17.0 Å². The molecule has 0 aliphatic carbocycles. The number of anilines is 1. The first-order chi connectivity index (χ1) is 7.91. The van der Waals surface area contributed by atoms with E-state index in [1.165, 1.54) is 5.56 Å². The predicted octanol–water partition coefficient (Wildman–Crippen LogP) is 3.62. The Balaban J connectivity index is 2.72. The smallest absolute Gasteiger partial charge is 0.224 e. The molecule has 3 nitrogen and oxygen atoms in total. The van der Waals surface area contributed by atoms with Crippen LogP contribution in [-0.2, 0) is 5.41 Å². The van der Waals surface area contributed by atoms with Gasteiger partial charge in [-0.3, -0.25) is 0 Å². The number of hydrogen-bond acceptors (Lipinski definition) is 3. The van der Waals surface area contributed by atoms with Crippen LogP contribution in [0, 0.1) is 0 Å². The molecule has 0 amide bonds. The molecule has 2 rings (SSSR count). The molecule has 1 aromatic carbocycles. The number of nitrogens with one attached hydrogen (secondary N) is 1. The highest BCUT2D eigenvalue weighted by atomic mass is 35.5. The summed E-state index contributed by atoms with van der Waals surface area (Å²) in [6.07, 6.45) is 0. The largest absolute Gasteiger partial charge is 0.372 e. The fourth-order valence-electron chi connectivity index (χ4n) is 1.76. The van der Waals surface area contributed by atoms with Gasteiger partial charge in [0, 0.05) is 12.4 Å². The summed E-state index contributed by atoms with van der Waals surface area (Å²) in [4.78, 5) is 8.41. The van der Waals surface area contributed by atoms with Gasteiger partial charge in [-0.2, -0.15) is 0 Å². The minimum absolute atomic E-state index is 0.110. The van der Waals surface area contributed by atoms with Crippen LogP contribution < -0.4 is 5.32 Å². The van der Waals surface area contributed by atoms with Crippen molar-refractivity contribution in [1.82, 2.24) is 9.97 Å². The summed E-state index contributed by atoms with van der Waals surface area (Å²) in [5, 5.41) is 4.33. The summed E-state index contributed by atoms with van der Waals surface area (Å²) in [5.41, 5.74) is 2.23. The highest BCUT2D eigenvalue weighted by Crippen LogP contribution is 2.28. The number of aromatic nitrogens is 2. The van der Waals surface area contributed by atoms with Crippen LogP contribution in [0.5, 0.6) is 0 Å². The third-order valence-corrected chi connectivity index (χ3v) is 2.94. The van der Waals surface area contributed by atoms with Gasteiger partial charge in [-0.15, -0.1) is 0 Å². The molecule has 0 atom stereocenters. The van der Waals surface area contributed by atoms with Gasteiger partial charge in [0.05, 0.1) is 5.52 Å². The molecule has 0 unspecified atom stereocenters. The zero-order valence-electron chi connectivity index (χ0n) is 10.5. The van der Waals surface area contributed by atoms with Gasteiger partial charge in [0.15, 0.2) is 0 Å². The van der Waals surface area contributed by atoms with Gasteiger partial charge in [-0.25, -0.2) is 9.97 Å². The molecule has 1 aromatic heterocycles. The molecular weight excluding hydrogens is 234 g/mol. The Labute approximate surface area is 106 Å². The highest BCUT2D eigenvalue weighted by molar-refractivity contribution is 6.28. The lowest BCUT2D eigenvalue weighted by Crippen LogP contribution is -2.11. The van der Waals surface area contributed by atoms with Gasteiger partial charge in [0.1, 0.15) is 5.82 Å². The average molecular weight is 250 g/mol. The van der Waals surface area contributed by atoms with E-state index in [4.69, 9.17) is 11.6 Å². The van der Waals surface area contributed by atoms with E-state index in [0.717, 1.165) is 16.7 Å². The lowest BCUT2D eigenvalue weighted by molar-refractivity contribution is 0.591. The van der Waals surface area contributed by atoms with Crippen LogP contribution in [0.15, 0.2) is 18.2 Å². The Morgan fingerprint density at radius 1 is 1.18 bits per heavy atom. The molecule has 2 aromatic rings. The first-order valence-corrected chi connectivity index (χ1v) is 5.95. The molecule has 1 N–H and O–H groups in total. The molecule has 0 saturated heterocycles. The summed E-state index contributed by atoms with van der Waals surface area (Å²) in [6.45, 7) is 6.55. The van der Waals surface area contributed by atoms with E-state index in [-0.39, 0.29) is 10.7 Å². The van der Waals surface area contributed by atoms with E-state index < -0.39 is 0 Å². The number of benzene rings is 1. The van der Waals surface area contributed by atoms with E-state index in [1.807, 2.05) is 13.1 Å². The Kier molecular flexibility index (Phi) is 2.96. The highest BCUT2D eigenvalue weighted by Gasteiger charge is 2.15. The summed E-state index contributed by atoms with van der Waals surface area (Å²) < 4.78 is 0. The van der Waals surface area contributed by atoms with Crippen molar-refractivity contribution in [1.29, 1.82) is 0 Å². The molecule has 0 saturated carbocycles. The Bertz CT molecular complexity index is 558. The minimum Gasteiger partial charge on any atom is -0.372 e. The van der Waals surface area contributed by atoms with Crippen molar-refractivity contribution in [2.24, 2.45) is 0 Å². The van der Waals surface area contributed by atoms with Crippen LogP contribution in [0.25, 0.3) is 10.9 Å². The van der Waals surface area contributed by atoms with Gasteiger partial charge in [0.2, 0.25) is 5.28 Å². The maximum atomic E-state index is 5.87. The fraction of sp³-hybridized carbons (Fsp3) is 0.385. The van der Waals surface area contributed by atoms with Crippen molar-refractivity contribution in [2.75, 3.05) is 12.4 Å². The standard InChI is InChI=1S/C13H16ClN3/c1-13(2,3)8-5-6-10-9(7-8)11(15-4)17-12(14)16-10/h5-7H,1-4H3,(H,15,16,17). The molecule has 0 aliphatic rings. The van der Waals surface area contributed by atoms with E-state index in [0.29, 0.717) is 0 Å². The van der Waals surface area contributed by atoms with E-state index in [1.54, 1.807) is 0 Å². The van der Waals surface area contributed by atoms with Crippen LogP contribution in [0.3, 0.4) is 0 Å². The number of hydrogen-bond donors (Lipinski definition) is 1. The third kappa shape index (κ3) is 2.34. The first kappa shape index (κ1) is 12.1. The third-order valence-electron chi connectivity index (χ3n) is 2.77. The maximum Gasteiger partial charge on any atom is 0.224 e. The van der Waals surface area contributed by atoms with Gasteiger partial charge in [0.25, 0.3) is 0 Å². The molecule has 0 fully saturated rings. The molecular formula is C13H16ClN3. The maximum absolute atomic E-state index is 5.87. The van der Waals surface area contributed by atoms with Crippen molar-refractivity contribution in [2.45, 2.75) is 26.2 Å². The van der Waals surface area contributed by atoms with Crippen LogP contribution in [0.4, 0.5) is 5.82 Å². The molecule has 0 bridgehead atoms. The van der Waals surface area contributed by atoms with E-state index in [9.17, 15) is 0 Å². The number of nitrogens with zero attached hydrogens (tertiary/aromatic N) is 2. The second kappa shape index (κ2) is 4.15. The number of halogens is 1. The lowest BCUT2D eigenvalue weighted by atomic mass is 9.86. The van der Waals surface area contributed by atoms with E-state index >= 15 is 0 Å². The number of rotatable bonds is 1. The van der Waals surface area contributed by atoms with Crippen molar-refractivity contribution >= 4 is 28.3 Å². The van der Waals surface area contributed by atoms with Crippen molar-refractivity contribution in [3.8, 4) is 0 Å². The zero-order chi connectivity index (χ0) is 12.6. The quantitative estimate of drug-likeness (QED) is 0.785. The summed E-state index contributed by atoms with van der Waals surface area (Å²) in [5.74, 6) is 0.770. The molecule has 0 aliphatic heterocycles. The van der Waals surface area contributed by atoms with Crippen molar-refractivity contribution in [3.63, 3.8) is 0 Å². The molecule has 4 heteroatoms. The number of fused-ring (bicyclic) bond motifs is 1.